The van der Waals surface area contributed by atoms with Crippen molar-refractivity contribution in [3.63, 3.8) is 0 Å². The van der Waals surface area contributed by atoms with Gasteiger partial charge in [-0.1, -0.05) is 45.5 Å². The van der Waals surface area contributed by atoms with E-state index in [-0.39, 0.29) is 43.3 Å². The zero-order chi connectivity index (χ0) is 37.5. The molecule has 1 aliphatic rings. The van der Waals surface area contributed by atoms with Crippen LogP contribution in [0.15, 0.2) is 80.1 Å². The Balaban J connectivity index is 1.56. The van der Waals surface area contributed by atoms with Crippen molar-refractivity contribution in [1.82, 2.24) is 4.57 Å². The quantitative estimate of drug-likeness (QED) is 0.175. The van der Waals surface area contributed by atoms with Crippen LogP contribution in [0.4, 0.5) is 0 Å². The van der Waals surface area contributed by atoms with Crippen molar-refractivity contribution in [1.29, 1.82) is 0 Å². The monoisotopic (exact) mass is 794 g/mol. The van der Waals surface area contributed by atoms with Gasteiger partial charge in [0.2, 0.25) is 0 Å². The van der Waals surface area contributed by atoms with E-state index in [1.807, 2.05) is 0 Å². The number of carboxylic acids is 1. The van der Waals surface area contributed by atoms with Crippen molar-refractivity contribution in [2.24, 2.45) is 4.99 Å². The fraction of sp³-hybridized carbons (Fsp3) is 0.270. The fourth-order valence-corrected chi connectivity index (χ4v) is 6.84. The van der Waals surface area contributed by atoms with E-state index in [4.69, 9.17) is 28.8 Å². The predicted molar refractivity (Wildman–Crippen MR) is 194 cm³/mol. The number of aromatic nitrogens is 1. The first kappa shape index (κ1) is 37.8. The number of ether oxygens (including phenoxy) is 6. The van der Waals surface area contributed by atoms with E-state index in [1.54, 1.807) is 69.3 Å². The van der Waals surface area contributed by atoms with Crippen LogP contribution in [0.3, 0.4) is 0 Å². The Morgan fingerprint density at radius 2 is 1.67 bits per heavy atom. The van der Waals surface area contributed by atoms with Crippen molar-refractivity contribution in [2.75, 3.05) is 34.0 Å². The van der Waals surface area contributed by atoms with E-state index < -0.39 is 29.5 Å². The molecule has 0 fully saturated rings. The first-order valence-corrected chi connectivity index (χ1v) is 17.6. The van der Waals surface area contributed by atoms with Gasteiger partial charge < -0.3 is 33.5 Å². The average Bonchev–Trinajstić information content (AvgIpc) is 3.43. The predicted octanol–water partition coefficient (Wildman–Crippen LogP) is 4.80. The van der Waals surface area contributed by atoms with Crippen LogP contribution in [-0.4, -0.2) is 61.6 Å². The number of hydrogen-bond acceptors (Lipinski definition) is 12. The van der Waals surface area contributed by atoms with Gasteiger partial charge in [-0.05, 0) is 79.9 Å². The number of aromatic carboxylic acids is 1. The van der Waals surface area contributed by atoms with Crippen LogP contribution in [0.1, 0.15) is 53.9 Å². The SMILES string of the molecule is CCOC(=O)C1=C(C)N=c2s/c(=C\c3cc(OC)c(OCc4ccc(C(=O)O)cc4)cc3Br)c(=O)n2[C@H]1c1ccc(OCC(=O)OC)c(OCC)c1. The van der Waals surface area contributed by atoms with Crippen molar-refractivity contribution in [3.05, 3.63) is 112 Å². The first-order chi connectivity index (χ1) is 25.0. The Hall–Kier alpha value is -5.41. The molecule has 2 heterocycles. The molecule has 0 saturated heterocycles. The van der Waals surface area contributed by atoms with Crippen LogP contribution in [0.2, 0.25) is 0 Å². The van der Waals surface area contributed by atoms with Gasteiger partial charge in [-0.2, -0.15) is 0 Å². The molecule has 52 heavy (non-hydrogen) atoms. The highest BCUT2D eigenvalue weighted by Gasteiger charge is 2.34. The van der Waals surface area contributed by atoms with E-state index in [2.05, 4.69) is 25.7 Å². The number of nitrogens with zero attached hydrogens (tertiary/aromatic N) is 2. The van der Waals surface area contributed by atoms with Crippen LogP contribution in [-0.2, 0) is 25.7 Å². The maximum atomic E-state index is 14.3. The van der Waals surface area contributed by atoms with Crippen molar-refractivity contribution in [2.45, 2.75) is 33.4 Å². The Kier molecular flexibility index (Phi) is 12.2. The summed E-state index contributed by atoms with van der Waals surface area (Å²) in [5.41, 5.74) is 2.26. The average molecular weight is 796 g/mol. The van der Waals surface area contributed by atoms with E-state index >= 15 is 0 Å². The molecule has 3 aromatic carbocycles. The van der Waals surface area contributed by atoms with Crippen molar-refractivity contribution >= 4 is 51.3 Å². The minimum absolute atomic E-state index is 0.115. The van der Waals surface area contributed by atoms with Crippen molar-refractivity contribution in [3.8, 4) is 23.0 Å². The standard InChI is InChI=1S/C37H35BrN2O11S/c1-6-48-28-14-23(12-13-26(28)51-19-31(41)47-5)33-32(36(45)49-7-2)20(3)39-37-40(33)34(42)30(52-37)16-24-15-27(46-4)29(17-25(24)38)50-18-21-8-10-22(11-9-21)35(43)44/h8-17,33H,6-7,18-19H2,1-5H3,(H,43,44)/b30-16-/t33-/m0/s1. The first-order valence-electron chi connectivity index (χ1n) is 16.0. The van der Waals surface area contributed by atoms with Gasteiger partial charge in [0.1, 0.15) is 6.61 Å². The highest BCUT2D eigenvalue weighted by molar-refractivity contribution is 9.10. The third kappa shape index (κ3) is 8.21. The number of carboxylic acid groups (broad SMARTS) is 1. The topological polar surface area (TPSA) is 161 Å². The summed E-state index contributed by atoms with van der Waals surface area (Å²) in [6.07, 6.45) is 1.70. The van der Waals surface area contributed by atoms with Gasteiger partial charge >= 0.3 is 17.9 Å². The van der Waals surface area contributed by atoms with E-state index in [1.165, 1.54) is 30.9 Å². The van der Waals surface area contributed by atoms with Crippen LogP contribution < -0.4 is 33.8 Å². The second kappa shape index (κ2) is 16.7. The van der Waals surface area contributed by atoms with Gasteiger partial charge in [0.05, 0.1) is 54.8 Å². The third-order valence-electron chi connectivity index (χ3n) is 7.84. The van der Waals surface area contributed by atoms with Gasteiger partial charge in [-0.15, -0.1) is 0 Å². The largest absolute Gasteiger partial charge is 0.493 e. The Labute approximate surface area is 310 Å². The van der Waals surface area contributed by atoms with Gasteiger partial charge in [0.25, 0.3) is 5.56 Å². The molecule has 0 saturated carbocycles. The highest BCUT2D eigenvalue weighted by atomic mass is 79.9. The van der Waals surface area contributed by atoms with Crippen LogP contribution in [0.25, 0.3) is 6.08 Å². The number of hydrogen-bond donors (Lipinski definition) is 1. The second-order valence-corrected chi connectivity index (χ2v) is 13.0. The van der Waals surface area contributed by atoms with Gasteiger partial charge in [-0.25, -0.2) is 19.4 Å². The molecule has 1 N–H and O–H groups in total. The lowest BCUT2D eigenvalue weighted by atomic mass is 9.95. The molecule has 1 aromatic heterocycles. The minimum atomic E-state index is -1.01. The molecule has 0 radical (unpaired) electrons. The minimum Gasteiger partial charge on any atom is -0.493 e. The highest BCUT2D eigenvalue weighted by Crippen LogP contribution is 2.37. The fourth-order valence-electron chi connectivity index (χ4n) is 5.36. The molecule has 13 nitrogen and oxygen atoms in total. The molecule has 0 unspecified atom stereocenters. The lowest BCUT2D eigenvalue weighted by molar-refractivity contribution is -0.143. The summed E-state index contributed by atoms with van der Waals surface area (Å²) >= 11 is 4.75. The smallest absolute Gasteiger partial charge is 0.343 e. The molecule has 5 rings (SSSR count). The summed E-state index contributed by atoms with van der Waals surface area (Å²) in [6.45, 7) is 5.39. The molecule has 272 valence electrons. The Morgan fingerprint density at radius 3 is 2.33 bits per heavy atom. The second-order valence-electron chi connectivity index (χ2n) is 11.1. The lowest BCUT2D eigenvalue weighted by Gasteiger charge is -2.25. The summed E-state index contributed by atoms with van der Waals surface area (Å²) in [5.74, 6) is -0.788. The van der Waals surface area contributed by atoms with Gasteiger partial charge in [0, 0.05) is 4.47 Å². The number of carbonyl (C=O) groups is 3. The molecule has 0 aliphatic carbocycles. The number of fused-ring (bicyclic) bond motifs is 1. The van der Waals surface area contributed by atoms with Gasteiger partial charge in [0.15, 0.2) is 34.4 Å². The summed E-state index contributed by atoms with van der Waals surface area (Å²) < 4.78 is 35.6. The number of thiazole rings is 1. The summed E-state index contributed by atoms with van der Waals surface area (Å²) in [5, 5.41) is 9.16. The molecular weight excluding hydrogens is 760 g/mol. The molecule has 15 heteroatoms. The molecular formula is C37H35BrN2O11S. The lowest BCUT2D eigenvalue weighted by Crippen LogP contribution is -2.40. The summed E-state index contributed by atoms with van der Waals surface area (Å²) in [7, 11) is 2.75. The Morgan fingerprint density at radius 1 is 0.942 bits per heavy atom. The summed E-state index contributed by atoms with van der Waals surface area (Å²) in [4.78, 5) is 55.6. The molecule has 0 spiro atoms. The van der Waals surface area contributed by atoms with E-state index in [9.17, 15) is 19.2 Å². The molecule has 0 amide bonds. The maximum absolute atomic E-state index is 14.3. The van der Waals surface area contributed by atoms with E-state index in [0.717, 1.165) is 16.9 Å². The Bertz CT molecular complexity index is 2230. The van der Waals surface area contributed by atoms with Crippen LogP contribution in [0.5, 0.6) is 23.0 Å². The van der Waals surface area contributed by atoms with Crippen LogP contribution >= 0.6 is 27.3 Å². The number of carbonyl (C=O) groups excluding carboxylic acids is 2. The van der Waals surface area contributed by atoms with Gasteiger partial charge in [-0.3, -0.25) is 9.36 Å². The maximum Gasteiger partial charge on any atom is 0.343 e. The molecule has 1 atom stereocenters. The number of methoxy groups -OCH3 is 2. The van der Waals surface area contributed by atoms with Crippen LogP contribution in [0, 0.1) is 0 Å². The number of rotatable bonds is 14. The summed E-state index contributed by atoms with van der Waals surface area (Å²) in [6, 6.07) is 13.8. The molecule has 0 bridgehead atoms. The zero-order valence-corrected chi connectivity index (χ0v) is 31.3. The van der Waals surface area contributed by atoms with Crippen molar-refractivity contribution < 1.29 is 47.9 Å². The number of esters is 2. The number of allylic oxidation sites excluding steroid dienone is 1. The normalized spacial score (nSPS) is 13.9. The zero-order valence-electron chi connectivity index (χ0n) is 28.9. The number of halogens is 1. The molecule has 4 aromatic rings. The third-order valence-corrected chi connectivity index (χ3v) is 9.51. The number of benzene rings is 3. The van der Waals surface area contributed by atoms with E-state index in [0.29, 0.717) is 47.9 Å². The molecule has 1 aliphatic heterocycles.